The molecular formula is C18H23N5O2. The number of aromatic nitrogens is 2. The molecule has 1 aromatic carbocycles. The lowest BCUT2D eigenvalue weighted by Crippen LogP contribution is -2.50. The first-order valence-electron chi connectivity index (χ1n) is 8.42. The van der Waals surface area contributed by atoms with Gasteiger partial charge in [0.1, 0.15) is 6.42 Å². The summed E-state index contributed by atoms with van der Waals surface area (Å²) in [6.07, 6.45) is 3.65. The predicted molar refractivity (Wildman–Crippen MR) is 95.8 cm³/mol. The molecule has 7 nitrogen and oxygen atoms in total. The van der Waals surface area contributed by atoms with E-state index in [9.17, 15) is 9.59 Å². The molecule has 0 radical (unpaired) electrons. The molecule has 1 aliphatic heterocycles. The van der Waals surface area contributed by atoms with E-state index in [1.807, 2.05) is 6.20 Å². The maximum atomic E-state index is 12.1. The van der Waals surface area contributed by atoms with Crippen LogP contribution in [0.15, 0.2) is 36.7 Å². The number of nitrogens with one attached hydrogen (secondary N) is 1. The number of hydrogen-bond donors (Lipinski definition) is 1. The van der Waals surface area contributed by atoms with Crippen LogP contribution in [0.5, 0.6) is 0 Å². The van der Waals surface area contributed by atoms with Crippen molar-refractivity contribution in [1.82, 2.24) is 19.8 Å². The lowest BCUT2D eigenvalue weighted by Gasteiger charge is -2.35. The fourth-order valence-corrected chi connectivity index (χ4v) is 2.93. The Hall–Kier alpha value is -2.83. The second kappa shape index (κ2) is 7.38. The highest BCUT2D eigenvalue weighted by molar-refractivity contribution is 5.96. The van der Waals surface area contributed by atoms with Gasteiger partial charge in [-0.05, 0) is 19.1 Å². The van der Waals surface area contributed by atoms with Crippen LogP contribution >= 0.6 is 0 Å². The van der Waals surface area contributed by atoms with E-state index in [-0.39, 0.29) is 18.2 Å². The number of carbonyl (C=O) groups excluding carboxylic acids is 2. The Morgan fingerprint density at radius 1 is 1.12 bits per heavy atom. The molecule has 7 heteroatoms. The zero-order valence-corrected chi connectivity index (χ0v) is 14.6. The van der Waals surface area contributed by atoms with Crippen LogP contribution in [0.2, 0.25) is 0 Å². The number of aryl methyl sites for hydroxylation is 1. The molecular weight excluding hydrogens is 318 g/mol. The number of rotatable bonds is 4. The van der Waals surface area contributed by atoms with E-state index in [1.54, 1.807) is 18.1 Å². The van der Waals surface area contributed by atoms with E-state index < -0.39 is 0 Å². The number of carbonyl (C=O) groups is 2. The molecule has 132 valence electrons. The van der Waals surface area contributed by atoms with E-state index in [4.69, 9.17) is 0 Å². The SMILES string of the molecule is CNC(=O)CC(=O)N1CCN(c2nccn2-c2ccc(C)cc2)CC1. The van der Waals surface area contributed by atoms with Crippen molar-refractivity contribution in [3.05, 3.63) is 42.2 Å². The molecule has 0 saturated carbocycles. The Balaban J connectivity index is 1.66. The molecule has 1 fully saturated rings. The molecule has 0 spiro atoms. The van der Waals surface area contributed by atoms with Gasteiger partial charge in [0.15, 0.2) is 0 Å². The lowest BCUT2D eigenvalue weighted by molar-refractivity contribution is -0.136. The Morgan fingerprint density at radius 3 is 2.44 bits per heavy atom. The minimum Gasteiger partial charge on any atom is -0.359 e. The molecule has 25 heavy (non-hydrogen) atoms. The lowest BCUT2D eigenvalue weighted by atomic mass is 10.2. The molecule has 0 bridgehead atoms. The first-order chi connectivity index (χ1) is 12.1. The second-order valence-corrected chi connectivity index (χ2v) is 6.15. The van der Waals surface area contributed by atoms with E-state index in [0.29, 0.717) is 26.2 Å². The van der Waals surface area contributed by atoms with Crippen LogP contribution in [0.4, 0.5) is 5.95 Å². The standard InChI is InChI=1S/C18H23N5O2/c1-14-3-5-15(6-4-14)23-8-7-20-18(23)22-11-9-21(10-12-22)17(25)13-16(24)19-2/h3-8H,9-13H2,1-2H3,(H,19,24). The number of amides is 2. The average molecular weight is 341 g/mol. The van der Waals surface area contributed by atoms with E-state index >= 15 is 0 Å². The van der Waals surface area contributed by atoms with Gasteiger partial charge in [-0.1, -0.05) is 17.7 Å². The molecule has 0 atom stereocenters. The van der Waals surface area contributed by atoms with E-state index in [1.165, 1.54) is 5.56 Å². The predicted octanol–water partition coefficient (Wildman–Crippen LogP) is 0.965. The van der Waals surface area contributed by atoms with Crippen molar-refractivity contribution in [1.29, 1.82) is 0 Å². The number of anilines is 1. The molecule has 1 N–H and O–H groups in total. The molecule has 0 unspecified atom stereocenters. The van der Waals surface area contributed by atoms with Gasteiger partial charge in [0.2, 0.25) is 17.8 Å². The highest BCUT2D eigenvalue weighted by atomic mass is 16.2. The molecule has 2 amide bonds. The second-order valence-electron chi connectivity index (χ2n) is 6.15. The minimum atomic E-state index is -0.248. The maximum Gasteiger partial charge on any atom is 0.232 e. The Bertz CT molecular complexity index is 745. The summed E-state index contributed by atoms with van der Waals surface area (Å²) in [5, 5.41) is 2.49. The van der Waals surface area contributed by atoms with Crippen LogP contribution in [-0.2, 0) is 9.59 Å². The van der Waals surface area contributed by atoms with Crippen molar-refractivity contribution in [2.75, 3.05) is 38.1 Å². The minimum absolute atomic E-state index is 0.0888. The summed E-state index contributed by atoms with van der Waals surface area (Å²) in [4.78, 5) is 31.9. The summed E-state index contributed by atoms with van der Waals surface area (Å²) in [6, 6.07) is 8.30. The van der Waals surface area contributed by atoms with Crippen LogP contribution < -0.4 is 10.2 Å². The summed E-state index contributed by atoms with van der Waals surface area (Å²) in [5.41, 5.74) is 2.28. The molecule has 2 heterocycles. The van der Waals surface area contributed by atoms with E-state index in [0.717, 1.165) is 11.6 Å². The number of piperazine rings is 1. The number of benzene rings is 1. The summed E-state index contributed by atoms with van der Waals surface area (Å²) in [6.45, 7) is 4.64. The van der Waals surface area contributed by atoms with Crippen molar-refractivity contribution >= 4 is 17.8 Å². The molecule has 3 rings (SSSR count). The topological polar surface area (TPSA) is 70.5 Å². The molecule has 1 aromatic heterocycles. The van der Waals surface area contributed by atoms with Crippen LogP contribution in [0, 0.1) is 6.92 Å². The van der Waals surface area contributed by atoms with Crippen molar-refractivity contribution in [2.24, 2.45) is 0 Å². The van der Waals surface area contributed by atoms with Crippen molar-refractivity contribution in [2.45, 2.75) is 13.3 Å². The summed E-state index contributed by atoms with van der Waals surface area (Å²) < 4.78 is 2.06. The fourth-order valence-electron chi connectivity index (χ4n) is 2.93. The normalized spacial score (nSPS) is 14.5. The van der Waals surface area contributed by atoms with Crippen LogP contribution in [0.3, 0.4) is 0 Å². The Morgan fingerprint density at radius 2 is 1.80 bits per heavy atom. The van der Waals surface area contributed by atoms with Crippen LogP contribution in [-0.4, -0.2) is 59.5 Å². The Kier molecular flexibility index (Phi) is 5.02. The third-order valence-corrected chi connectivity index (χ3v) is 4.44. The van der Waals surface area contributed by atoms with Gasteiger partial charge in [-0.15, -0.1) is 0 Å². The largest absolute Gasteiger partial charge is 0.359 e. The fraction of sp³-hybridized carbons (Fsp3) is 0.389. The van der Waals surface area contributed by atoms with Gasteiger partial charge in [0, 0.05) is 51.3 Å². The van der Waals surface area contributed by atoms with Crippen molar-refractivity contribution in [3.8, 4) is 5.69 Å². The number of imidazole rings is 1. The monoisotopic (exact) mass is 341 g/mol. The Labute approximate surface area is 147 Å². The quantitative estimate of drug-likeness (QED) is 0.841. The van der Waals surface area contributed by atoms with Gasteiger partial charge in [0.25, 0.3) is 0 Å². The first kappa shape index (κ1) is 17.0. The van der Waals surface area contributed by atoms with Gasteiger partial charge < -0.3 is 15.1 Å². The van der Waals surface area contributed by atoms with Crippen LogP contribution in [0.1, 0.15) is 12.0 Å². The van der Waals surface area contributed by atoms with Gasteiger partial charge in [-0.2, -0.15) is 0 Å². The summed E-state index contributed by atoms with van der Waals surface area (Å²) in [5.74, 6) is 0.505. The van der Waals surface area contributed by atoms with Crippen molar-refractivity contribution in [3.63, 3.8) is 0 Å². The highest BCUT2D eigenvalue weighted by Gasteiger charge is 2.24. The van der Waals surface area contributed by atoms with Crippen LogP contribution in [0.25, 0.3) is 5.69 Å². The molecule has 2 aromatic rings. The average Bonchev–Trinajstić information content (AvgIpc) is 3.12. The smallest absolute Gasteiger partial charge is 0.232 e. The van der Waals surface area contributed by atoms with E-state index in [2.05, 4.69) is 51.0 Å². The van der Waals surface area contributed by atoms with Gasteiger partial charge in [-0.3, -0.25) is 14.2 Å². The summed E-state index contributed by atoms with van der Waals surface area (Å²) in [7, 11) is 1.54. The molecule has 1 saturated heterocycles. The van der Waals surface area contributed by atoms with Gasteiger partial charge >= 0.3 is 0 Å². The number of hydrogen-bond acceptors (Lipinski definition) is 4. The van der Waals surface area contributed by atoms with Gasteiger partial charge in [0.05, 0.1) is 0 Å². The maximum absolute atomic E-state index is 12.1. The number of nitrogens with zero attached hydrogens (tertiary/aromatic N) is 4. The third-order valence-electron chi connectivity index (χ3n) is 4.44. The molecule has 0 aliphatic carbocycles. The van der Waals surface area contributed by atoms with Gasteiger partial charge in [-0.25, -0.2) is 4.98 Å². The van der Waals surface area contributed by atoms with Crippen molar-refractivity contribution < 1.29 is 9.59 Å². The zero-order chi connectivity index (χ0) is 17.8. The highest BCUT2D eigenvalue weighted by Crippen LogP contribution is 2.20. The third kappa shape index (κ3) is 3.81. The summed E-state index contributed by atoms with van der Waals surface area (Å²) >= 11 is 0. The first-order valence-corrected chi connectivity index (χ1v) is 8.42. The zero-order valence-electron chi connectivity index (χ0n) is 14.6. The molecule has 1 aliphatic rings.